The van der Waals surface area contributed by atoms with Gasteiger partial charge in [-0.25, -0.2) is 0 Å². The molecule has 1 saturated heterocycles. The average Bonchev–Trinajstić information content (AvgIpc) is 3.38. The van der Waals surface area contributed by atoms with E-state index in [0.29, 0.717) is 17.7 Å². The third-order valence-electron chi connectivity index (χ3n) is 9.86. The Kier molecular flexibility index (Phi) is 4.03. The van der Waals surface area contributed by atoms with Gasteiger partial charge in [-0.05, 0) is 87.4 Å². The third kappa shape index (κ3) is 2.50. The van der Waals surface area contributed by atoms with Gasteiger partial charge in [0.2, 0.25) is 0 Å². The average molecular weight is 372 g/mol. The first kappa shape index (κ1) is 18.4. The molecule has 8 unspecified atom stereocenters. The fourth-order valence-electron chi connectivity index (χ4n) is 8.60. The summed E-state index contributed by atoms with van der Waals surface area (Å²) in [4.78, 5) is 15.3. The molecule has 1 aliphatic heterocycles. The Morgan fingerprint density at radius 2 is 1.85 bits per heavy atom. The summed E-state index contributed by atoms with van der Waals surface area (Å²) < 4.78 is 0. The van der Waals surface area contributed by atoms with Gasteiger partial charge in [0.15, 0.2) is 0 Å². The smallest absolute Gasteiger partial charge is 0.135 e. The lowest BCUT2D eigenvalue weighted by molar-refractivity contribution is -0.128. The van der Waals surface area contributed by atoms with Crippen LogP contribution in [0, 0.1) is 34.5 Å². The Morgan fingerprint density at radius 3 is 2.52 bits per heavy atom. The molecule has 1 N–H and O–H groups in total. The molecule has 4 fully saturated rings. The van der Waals surface area contributed by atoms with Gasteiger partial charge in [-0.2, -0.15) is 0 Å². The van der Waals surface area contributed by atoms with Crippen molar-refractivity contribution >= 4 is 5.78 Å². The van der Waals surface area contributed by atoms with Gasteiger partial charge >= 0.3 is 0 Å². The molecule has 5 rings (SSSR count). The number of Topliss-reactive ketones (excluding diaryl/α,β-unsaturated/α-hetero) is 1. The van der Waals surface area contributed by atoms with Crippen LogP contribution in [0.3, 0.4) is 0 Å². The topological polar surface area (TPSA) is 40.3 Å². The molecule has 0 bridgehead atoms. The minimum Gasteiger partial charge on any atom is -0.393 e. The number of ketones is 1. The monoisotopic (exact) mass is 371 g/mol. The van der Waals surface area contributed by atoms with Crippen LogP contribution in [0.5, 0.6) is 0 Å². The summed E-state index contributed by atoms with van der Waals surface area (Å²) in [6.45, 7) is 11.6. The van der Waals surface area contributed by atoms with Crippen LogP contribution < -0.4 is 0 Å². The van der Waals surface area contributed by atoms with Crippen molar-refractivity contribution in [3.63, 3.8) is 0 Å². The zero-order valence-electron chi connectivity index (χ0n) is 17.6. The highest BCUT2D eigenvalue weighted by Crippen LogP contribution is 2.67. The number of allylic oxidation sites excluding steroid dienone is 1. The first-order valence-corrected chi connectivity index (χ1v) is 11.4. The highest BCUT2D eigenvalue weighted by atomic mass is 16.3. The van der Waals surface area contributed by atoms with Crippen molar-refractivity contribution < 1.29 is 9.90 Å². The number of carbonyl (C=O) groups excluding carboxylic acids is 1. The van der Waals surface area contributed by atoms with Gasteiger partial charge in [-0.15, -0.1) is 0 Å². The van der Waals surface area contributed by atoms with Crippen molar-refractivity contribution in [3.8, 4) is 0 Å². The van der Waals surface area contributed by atoms with Crippen LogP contribution in [0.15, 0.2) is 11.1 Å². The molecule has 4 aliphatic carbocycles. The van der Waals surface area contributed by atoms with Crippen molar-refractivity contribution in [1.82, 2.24) is 4.90 Å². The Balaban J connectivity index is 1.53. The van der Waals surface area contributed by atoms with E-state index in [4.69, 9.17) is 0 Å². The fraction of sp³-hybridized carbons (Fsp3) is 0.875. The minimum absolute atomic E-state index is 0.131. The lowest BCUT2D eigenvalue weighted by atomic mass is 9.46. The summed E-state index contributed by atoms with van der Waals surface area (Å²) >= 11 is 0. The number of hydrogen-bond donors (Lipinski definition) is 1. The van der Waals surface area contributed by atoms with E-state index in [1.54, 1.807) is 11.1 Å². The van der Waals surface area contributed by atoms with E-state index in [1.165, 1.54) is 38.8 Å². The lowest BCUT2D eigenvalue weighted by Gasteiger charge is -2.58. The number of hydrogen-bond acceptors (Lipinski definition) is 3. The summed E-state index contributed by atoms with van der Waals surface area (Å²) in [5.74, 6) is 2.86. The van der Waals surface area contributed by atoms with Gasteiger partial charge < -0.3 is 5.11 Å². The summed E-state index contributed by atoms with van der Waals surface area (Å²) in [7, 11) is 0. The zero-order chi connectivity index (χ0) is 19.1. The van der Waals surface area contributed by atoms with Gasteiger partial charge in [0.1, 0.15) is 5.78 Å². The summed E-state index contributed by atoms with van der Waals surface area (Å²) in [5, 5.41) is 10.3. The number of aliphatic hydroxyl groups is 1. The normalized spacial score (nSPS) is 52.2. The van der Waals surface area contributed by atoms with Crippen molar-refractivity contribution in [2.75, 3.05) is 13.1 Å². The van der Waals surface area contributed by atoms with Crippen molar-refractivity contribution in [2.45, 2.75) is 84.8 Å². The van der Waals surface area contributed by atoms with Crippen LogP contribution in [-0.4, -0.2) is 41.0 Å². The molecule has 0 aromatic rings. The van der Waals surface area contributed by atoms with Crippen LogP contribution in [0.4, 0.5) is 0 Å². The molecule has 1 heterocycles. The third-order valence-corrected chi connectivity index (χ3v) is 9.86. The molecule has 27 heavy (non-hydrogen) atoms. The minimum atomic E-state index is -0.131. The van der Waals surface area contributed by atoms with Crippen LogP contribution >= 0.6 is 0 Å². The quantitative estimate of drug-likeness (QED) is 0.584. The van der Waals surface area contributed by atoms with Crippen molar-refractivity contribution in [3.05, 3.63) is 11.1 Å². The van der Waals surface area contributed by atoms with E-state index in [9.17, 15) is 9.90 Å². The molecule has 3 heteroatoms. The van der Waals surface area contributed by atoms with Gasteiger partial charge in [-0.3, -0.25) is 9.69 Å². The predicted octanol–water partition coefficient (Wildman–Crippen LogP) is 4.20. The number of rotatable bonds is 2. The Morgan fingerprint density at radius 1 is 1.11 bits per heavy atom. The van der Waals surface area contributed by atoms with E-state index in [1.807, 2.05) is 6.92 Å². The molecule has 3 nitrogen and oxygen atoms in total. The number of fused-ring (bicyclic) bond motifs is 5. The molecule has 0 amide bonds. The number of aliphatic hydroxyl groups excluding tert-OH is 1. The molecule has 0 spiro atoms. The second-order valence-corrected chi connectivity index (χ2v) is 11.1. The second-order valence-electron chi connectivity index (χ2n) is 11.1. The van der Waals surface area contributed by atoms with Crippen molar-refractivity contribution in [1.29, 1.82) is 0 Å². The fourth-order valence-corrected chi connectivity index (χ4v) is 8.60. The van der Waals surface area contributed by atoms with E-state index >= 15 is 0 Å². The van der Waals surface area contributed by atoms with E-state index < -0.39 is 0 Å². The molecule has 0 aromatic carbocycles. The molecule has 8 atom stereocenters. The van der Waals surface area contributed by atoms with Gasteiger partial charge in [0.05, 0.1) is 6.10 Å². The Bertz CT molecular complexity index is 694. The Labute approximate surface area is 164 Å². The SMILES string of the molecule is CC(=O)C1C(N2CC2)CC2C3CC(C)=C4CC(O)CCC4(C)C3CCC21C. The number of carbonyl (C=O) groups is 1. The zero-order valence-corrected chi connectivity index (χ0v) is 17.6. The van der Waals surface area contributed by atoms with Crippen LogP contribution in [-0.2, 0) is 4.79 Å². The maximum atomic E-state index is 12.7. The highest BCUT2D eigenvalue weighted by molar-refractivity contribution is 5.80. The van der Waals surface area contributed by atoms with E-state index in [0.717, 1.165) is 31.1 Å². The molecule has 0 radical (unpaired) electrons. The number of nitrogens with zero attached hydrogens (tertiary/aromatic N) is 1. The summed E-state index contributed by atoms with van der Waals surface area (Å²) in [5.41, 5.74) is 3.64. The standard InChI is InChI=1S/C24H37NO2/c1-14-11-17-18(23(3)7-5-16(27)12-19(14)23)6-8-24(4)20(17)13-21(25-9-10-25)22(24)15(2)26/h16-18,20-22,27H,5-13H2,1-4H3. The van der Waals surface area contributed by atoms with Crippen LogP contribution in [0.2, 0.25) is 0 Å². The van der Waals surface area contributed by atoms with Crippen LogP contribution in [0.25, 0.3) is 0 Å². The maximum Gasteiger partial charge on any atom is 0.135 e. The maximum absolute atomic E-state index is 12.7. The van der Waals surface area contributed by atoms with Crippen LogP contribution in [0.1, 0.15) is 72.6 Å². The van der Waals surface area contributed by atoms with Gasteiger partial charge in [0, 0.05) is 25.0 Å². The molecular weight excluding hydrogens is 334 g/mol. The highest BCUT2D eigenvalue weighted by Gasteiger charge is 2.63. The summed E-state index contributed by atoms with van der Waals surface area (Å²) in [6.07, 6.45) is 7.83. The van der Waals surface area contributed by atoms with E-state index in [2.05, 4.69) is 25.7 Å². The molecule has 0 aromatic heterocycles. The largest absolute Gasteiger partial charge is 0.393 e. The molecule has 5 aliphatic rings. The first-order chi connectivity index (χ1) is 12.8. The Hall–Kier alpha value is -0.670. The molecular formula is C24H37NO2. The van der Waals surface area contributed by atoms with Gasteiger partial charge in [-0.1, -0.05) is 25.0 Å². The van der Waals surface area contributed by atoms with E-state index in [-0.39, 0.29) is 22.9 Å². The lowest BCUT2D eigenvalue weighted by Crippen LogP contribution is -2.51. The van der Waals surface area contributed by atoms with Gasteiger partial charge in [0.25, 0.3) is 0 Å². The molecule has 3 saturated carbocycles. The summed E-state index contributed by atoms with van der Waals surface area (Å²) in [6, 6.07) is 0.503. The van der Waals surface area contributed by atoms with Crippen molar-refractivity contribution in [2.24, 2.45) is 34.5 Å². The first-order valence-electron chi connectivity index (χ1n) is 11.4. The predicted molar refractivity (Wildman–Crippen MR) is 107 cm³/mol. The molecule has 150 valence electrons. The second kappa shape index (κ2) is 5.92.